The van der Waals surface area contributed by atoms with Crippen LogP contribution in [0.4, 0.5) is 15.8 Å². The van der Waals surface area contributed by atoms with Crippen molar-refractivity contribution in [2.45, 2.75) is 25.7 Å². The van der Waals surface area contributed by atoms with E-state index in [0.717, 1.165) is 15.9 Å². The van der Waals surface area contributed by atoms with E-state index in [1.54, 1.807) is 24.3 Å². The van der Waals surface area contributed by atoms with Crippen molar-refractivity contribution < 1.29 is 22.1 Å². The Bertz CT molecular complexity index is 1120. The van der Waals surface area contributed by atoms with E-state index in [-0.39, 0.29) is 22.0 Å². The van der Waals surface area contributed by atoms with Gasteiger partial charge in [0.05, 0.1) is 5.69 Å². The van der Waals surface area contributed by atoms with Gasteiger partial charge in [0.2, 0.25) is 5.91 Å². The van der Waals surface area contributed by atoms with Crippen molar-refractivity contribution in [3.05, 3.63) is 71.4 Å². The van der Waals surface area contributed by atoms with Gasteiger partial charge >= 0.3 is 0 Å². The first kappa shape index (κ1) is 20.5. The molecule has 9 heteroatoms. The summed E-state index contributed by atoms with van der Waals surface area (Å²) < 4.78 is 46.1. The van der Waals surface area contributed by atoms with Crippen LogP contribution in [0.5, 0.6) is 0 Å². The number of rotatable bonds is 6. The number of halogens is 1. The molecule has 3 aromatic rings. The number of benzene rings is 2. The Kier molecular flexibility index (Phi) is 5.69. The first-order valence-electron chi connectivity index (χ1n) is 8.76. The molecule has 0 unspecified atom stereocenters. The van der Waals surface area contributed by atoms with Crippen molar-refractivity contribution in [2.24, 2.45) is 0 Å². The maximum atomic E-state index is 13.4. The summed E-state index contributed by atoms with van der Waals surface area (Å²) in [5, 5.41) is 6.22. The number of hydrogen-bond donors (Lipinski definition) is 1. The highest BCUT2D eigenvalue weighted by Crippen LogP contribution is 2.28. The molecule has 1 aromatic heterocycles. The monoisotopic (exact) mass is 417 g/mol. The number of carbonyl (C=O) groups is 1. The van der Waals surface area contributed by atoms with Crippen molar-refractivity contribution >= 4 is 27.3 Å². The van der Waals surface area contributed by atoms with Crippen LogP contribution < -0.4 is 9.62 Å². The van der Waals surface area contributed by atoms with Crippen LogP contribution >= 0.6 is 0 Å². The molecule has 0 spiro atoms. The van der Waals surface area contributed by atoms with E-state index in [0.29, 0.717) is 5.69 Å². The molecule has 2 aromatic carbocycles. The molecule has 7 nitrogen and oxygen atoms in total. The minimum absolute atomic E-state index is 0.0865. The number of aryl methyl sites for hydroxylation is 3. The third kappa shape index (κ3) is 4.45. The molecule has 0 radical (unpaired) electrons. The van der Waals surface area contributed by atoms with Gasteiger partial charge < -0.3 is 9.84 Å². The van der Waals surface area contributed by atoms with Crippen LogP contribution in [0.2, 0.25) is 0 Å². The van der Waals surface area contributed by atoms with E-state index >= 15 is 0 Å². The number of amides is 1. The van der Waals surface area contributed by atoms with Crippen LogP contribution in [0.1, 0.15) is 17.0 Å². The summed E-state index contributed by atoms with van der Waals surface area (Å²) in [5.74, 6) is -1.00. The highest BCUT2D eigenvalue weighted by molar-refractivity contribution is 7.93. The summed E-state index contributed by atoms with van der Waals surface area (Å²) in [7, 11) is -4.14. The topological polar surface area (TPSA) is 92.5 Å². The maximum absolute atomic E-state index is 13.4. The fourth-order valence-electron chi connectivity index (χ4n) is 2.88. The van der Waals surface area contributed by atoms with E-state index < -0.39 is 28.3 Å². The van der Waals surface area contributed by atoms with Gasteiger partial charge in [0.25, 0.3) is 10.0 Å². The largest absolute Gasteiger partial charge is 0.360 e. The van der Waals surface area contributed by atoms with E-state index in [9.17, 15) is 17.6 Å². The molecular formula is C20H20FN3O4S. The lowest BCUT2D eigenvalue weighted by Crippen LogP contribution is -2.38. The van der Waals surface area contributed by atoms with E-state index in [2.05, 4.69) is 10.5 Å². The van der Waals surface area contributed by atoms with E-state index in [1.165, 1.54) is 32.0 Å². The molecule has 152 valence electrons. The lowest BCUT2D eigenvalue weighted by Gasteiger charge is -2.24. The molecule has 1 heterocycles. The number of aromatic nitrogens is 1. The van der Waals surface area contributed by atoms with Gasteiger partial charge in [0, 0.05) is 5.69 Å². The molecule has 1 N–H and O–H groups in total. The third-order valence-corrected chi connectivity index (χ3v) is 6.25. The lowest BCUT2D eigenvalue weighted by atomic mass is 10.2. The summed E-state index contributed by atoms with van der Waals surface area (Å²) in [6.45, 7) is 4.37. The molecule has 0 bridgehead atoms. The van der Waals surface area contributed by atoms with E-state index in [4.69, 9.17) is 4.52 Å². The predicted octanol–water partition coefficient (Wildman–Crippen LogP) is 3.57. The Labute approximate surface area is 168 Å². The zero-order chi connectivity index (χ0) is 21.2. The second-order valence-electron chi connectivity index (χ2n) is 6.56. The lowest BCUT2D eigenvalue weighted by molar-refractivity contribution is -0.114. The van der Waals surface area contributed by atoms with Gasteiger partial charge in [-0.25, -0.2) is 12.8 Å². The molecule has 0 aliphatic heterocycles. The average Bonchev–Trinajstić information content (AvgIpc) is 2.99. The first-order chi connectivity index (χ1) is 13.7. The zero-order valence-electron chi connectivity index (χ0n) is 16.1. The molecule has 0 saturated heterocycles. The number of sulfonamides is 1. The fourth-order valence-corrected chi connectivity index (χ4v) is 4.59. The highest BCUT2D eigenvalue weighted by Gasteiger charge is 2.32. The Balaban J connectivity index is 1.97. The van der Waals surface area contributed by atoms with Gasteiger partial charge in [-0.2, -0.15) is 0 Å². The summed E-state index contributed by atoms with van der Waals surface area (Å²) in [6, 6.07) is 12.1. The van der Waals surface area contributed by atoms with Crippen LogP contribution in [0.15, 0.2) is 57.9 Å². The van der Waals surface area contributed by atoms with Crippen LogP contribution in [-0.4, -0.2) is 26.0 Å². The normalized spacial score (nSPS) is 11.3. The second kappa shape index (κ2) is 8.04. The van der Waals surface area contributed by atoms with Gasteiger partial charge in [0.15, 0.2) is 10.7 Å². The first-order valence-corrected chi connectivity index (χ1v) is 10.2. The molecule has 0 aliphatic carbocycles. The quantitative estimate of drug-likeness (QED) is 0.662. The Morgan fingerprint density at radius 1 is 1.14 bits per heavy atom. The number of hydrogen-bond acceptors (Lipinski definition) is 5. The number of nitrogens with zero attached hydrogens (tertiary/aromatic N) is 2. The van der Waals surface area contributed by atoms with Gasteiger partial charge in [-0.05, 0) is 51.1 Å². The Hall–Kier alpha value is -3.20. The van der Waals surface area contributed by atoms with Crippen molar-refractivity contribution in [1.29, 1.82) is 0 Å². The second-order valence-corrected chi connectivity index (χ2v) is 8.36. The molecular weight excluding hydrogens is 397 g/mol. The van der Waals surface area contributed by atoms with Crippen molar-refractivity contribution in [2.75, 3.05) is 16.2 Å². The van der Waals surface area contributed by atoms with Gasteiger partial charge in [-0.15, -0.1) is 0 Å². The van der Waals surface area contributed by atoms with Gasteiger partial charge in [-0.1, -0.05) is 28.9 Å². The minimum atomic E-state index is -4.14. The van der Waals surface area contributed by atoms with Crippen LogP contribution in [0.3, 0.4) is 0 Å². The highest BCUT2D eigenvalue weighted by atomic mass is 32.2. The predicted molar refractivity (Wildman–Crippen MR) is 107 cm³/mol. The zero-order valence-corrected chi connectivity index (χ0v) is 17.0. The third-order valence-electron chi connectivity index (χ3n) is 4.23. The smallest absolute Gasteiger partial charge is 0.270 e. The Morgan fingerprint density at radius 2 is 1.83 bits per heavy atom. The van der Waals surface area contributed by atoms with Crippen molar-refractivity contribution in [1.82, 2.24) is 5.16 Å². The number of nitrogens with one attached hydrogen (secondary N) is 1. The SMILES string of the molecule is Cc1ccc(N(CC(=O)Nc2cccc(F)c2)S(=O)(=O)c2c(C)noc2C)cc1. The summed E-state index contributed by atoms with van der Waals surface area (Å²) >= 11 is 0. The van der Waals surface area contributed by atoms with Crippen LogP contribution in [-0.2, 0) is 14.8 Å². The minimum Gasteiger partial charge on any atom is -0.360 e. The van der Waals surface area contributed by atoms with E-state index in [1.807, 2.05) is 6.92 Å². The van der Waals surface area contributed by atoms with Gasteiger partial charge in [0.1, 0.15) is 18.1 Å². The maximum Gasteiger partial charge on any atom is 0.270 e. The fraction of sp³-hybridized carbons (Fsp3) is 0.200. The van der Waals surface area contributed by atoms with Crippen LogP contribution in [0, 0.1) is 26.6 Å². The molecule has 0 fully saturated rings. The molecule has 0 saturated carbocycles. The summed E-state index contributed by atoms with van der Waals surface area (Å²) in [6.07, 6.45) is 0. The van der Waals surface area contributed by atoms with Crippen molar-refractivity contribution in [3.63, 3.8) is 0 Å². The molecule has 29 heavy (non-hydrogen) atoms. The van der Waals surface area contributed by atoms with Crippen molar-refractivity contribution in [3.8, 4) is 0 Å². The average molecular weight is 417 g/mol. The molecule has 0 aliphatic rings. The molecule has 1 amide bonds. The molecule has 0 atom stereocenters. The summed E-state index contributed by atoms with van der Waals surface area (Å²) in [4.78, 5) is 12.5. The number of carbonyl (C=O) groups excluding carboxylic acids is 1. The molecule has 3 rings (SSSR count). The number of anilines is 2. The summed E-state index contributed by atoms with van der Waals surface area (Å²) in [5.41, 5.74) is 1.68. The van der Waals surface area contributed by atoms with Gasteiger partial charge in [-0.3, -0.25) is 9.10 Å². The standard InChI is InChI=1S/C20H20FN3O4S/c1-13-7-9-18(10-8-13)24(29(26,27)20-14(2)23-28-15(20)3)12-19(25)22-17-6-4-5-16(21)11-17/h4-11H,12H2,1-3H3,(H,22,25). The van der Waals surface area contributed by atoms with Crippen LogP contribution in [0.25, 0.3) is 0 Å². The Morgan fingerprint density at radius 3 is 2.41 bits per heavy atom.